The van der Waals surface area contributed by atoms with Crippen LogP contribution < -0.4 is 11.1 Å². The summed E-state index contributed by atoms with van der Waals surface area (Å²) >= 11 is 5.92. The first kappa shape index (κ1) is 15.9. The van der Waals surface area contributed by atoms with E-state index >= 15 is 0 Å². The van der Waals surface area contributed by atoms with Gasteiger partial charge in [-0.05, 0) is 53.6 Å². The van der Waals surface area contributed by atoms with Gasteiger partial charge in [0.15, 0.2) is 0 Å². The van der Waals surface area contributed by atoms with Crippen molar-refractivity contribution in [1.82, 2.24) is 0 Å². The van der Waals surface area contributed by atoms with E-state index in [1.54, 1.807) is 6.07 Å². The number of rotatable bonds is 4. The Hall–Kier alpha value is -2.98. The third kappa shape index (κ3) is 3.50. The molecule has 0 aromatic heterocycles. The zero-order valence-electron chi connectivity index (χ0n) is 12.7. The van der Waals surface area contributed by atoms with E-state index in [9.17, 15) is 4.79 Å². The van der Waals surface area contributed by atoms with Gasteiger partial charge in [0.05, 0.1) is 16.9 Å². The quantitative estimate of drug-likeness (QED) is 0.583. The van der Waals surface area contributed by atoms with Crippen LogP contribution in [0.15, 0.2) is 66.7 Å². The maximum absolute atomic E-state index is 11.1. The maximum atomic E-state index is 11.1. The first-order chi connectivity index (χ1) is 11.5. The Morgan fingerprint density at radius 3 is 2.42 bits per heavy atom. The molecule has 0 atom stereocenters. The summed E-state index contributed by atoms with van der Waals surface area (Å²) in [6.45, 7) is 0. The lowest BCUT2D eigenvalue weighted by Gasteiger charge is -2.12. The van der Waals surface area contributed by atoms with Gasteiger partial charge in [0.1, 0.15) is 0 Å². The molecule has 0 aliphatic rings. The number of hydrogen-bond acceptors (Lipinski definition) is 3. The highest BCUT2D eigenvalue weighted by Crippen LogP contribution is 2.28. The van der Waals surface area contributed by atoms with Crippen LogP contribution in [0.25, 0.3) is 11.1 Å². The van der Waals surface area contributed by atoms with Crippen LogP contribution in [0, 0.1) is 0 Å². The molecule has 3 aromatic rings. The van der Waals surface area contributed by atoms with Crippen LogP contribution in [0.4, 0.5) is 17.1 Å². The number of nitrogen functional groups attached to an aromatic ring is 1. The zero-order chi connectivity index (χ0) is 17.1. The third-order valence-corrected chi connectivity index (χ3v) is 3.87. The monoisotopic (exact) mass is 338 g/mol. The molecule has 3 rings (SSSR count). The highest BCUT2D eigenvalue weighted by molar-refractivity contribution is 6.30. The lowest BCUT2D eigenvalue weighted by Crippen LogP contribution is -2.01. The van der Waals surface area contributed by atoms with E-state index in [-0.39, 0.29) is 5.56 Å². The largest absolute Gasteiger partial charge is 0.478 e. The molecule has 3 aromatic carbocycles. The Morgan fingerprint density at radius 2 is 1.71 bits per heavy atom. The van der Waals surface area contributed by atoms with Crippen LogP contribution >= 0.6 is 11.6 Å². The van der Waals surface area contributed by atoms with Gasteiger partial charge in [-0.15, -0.1) is 0 Å². The number of nitrogens with two attached hydrogens (primary N) is 1. The van der Waals surface area contributed by atoms with E-state index in [1.807, 2.05) is 48.5 Å². The Labute approximate surface area is 144 Å². The van der Waals surface area contributed by atoms with Crippen molar-refractivity contribution in [2.24, 2.45) is 0 Å². The molecule has 0 aliphatic heterocycles. The summed E-state index contributed by atoms with van der Waals surface area (Å²) in [6.07, 6.45) is 0. The number of halogens is 1. The fourth-order valence-electron chi connectivity index (χ4n) is 2.37. The van der Waals surface area contributed by atoms with E-state index in [4.69, 9.17) is 22.4 Å². The van der Waals surface area contributed by atoms with Crippen LogP contribution in [0.1, 0.15) is 10.4 Å². The molecule has 5 heteroatoms. The highest BCUT2D eigenvalue weighted by Gasteiger charge is 2.07. The fraction of sp³-hybridized carbons (Fsp3) is 0. The standard InChI is InChI=1S/C19H15ClN2O2/c20-15-7-4-12(5-8-15)13-2-1-3-16(10-13)22-18-11-14(19(23)24)6-9-17(18)21/h1-11,22H,21H2,(H,23,24). The predicted octanol–water partition coefficient (Wildman–Crippen LogP) is 5.03. The van der Waals surface area contributed by atoms with Crippen molar-refractivity contribution in [3.05, 3.63) is 77.3 Å². The normalized spacial score (nSPS) is 10.4. The molecule has 0 bridgehead atoms. The van der Waals surface area contributed by atoms with Crippen molar-refractivity contribution in [3.8, 4) is 11.1 Å². The van der Waals surface area contributed by atoms with Crippen molar-refractivity contribution in [1.29, 1.82) is 0 Å². The van der Waals surface area contributed by atoms with Crippen LogP contribution in [0.5, 0.6) is 0 Å². The summed E-state index contributed by atoms with van der Waals surface area (Å²) in [5.74, 6) is -0.993. The zero-order valence-corrected chi connectivity index (χ0v) is 13.4. The maximum Gasteiger partial charge on any atom is 0.335 e. The van der Waals surface area contributed by atoms with E-state index in [0.717, 1.165) is 16.8 Å². The van der Waals surface area contributed by atoms with Gasteiger partial charge in [-0.2, -0.15) is 0 Å². The van der Waals surface area contributed by atoms with Gasteiger partial charge in [0, 0.05) is 10.7 Å². The number of anilines is 3. The van der Waals surface area contributed by atoms with Crippen LogP contribution in [0.3, 0.4) is 0 Å². The average molecular weight is 339 g/mol. The molecule has 0 aliphatic carbocycles. The summed E-state index contributed by atoms with van der Waals surface area (Å²) in [6, 6.07) is 19.9. The molecule has 0 saturated heterocycles. The van der Waals surface area contributed by atoms with Crippen LogP contribution in [-0.2, 0) is 0 Å². The molecule has 0 saturated carbocycles. The Kier molecular flexibility index (Phi) is 4.40. The summed E-state index contributed by atoms with van der Waals surface area (Å²) < 4.78 is 0. The van der Waals surface area contributed by atoms with Gasteiger partial charge in [0.2, 0.25) is 0 Å². The minimum atomic E-state index is -0.993. The summed E-state index contributed by atoms with van der Waals surface area (Å²) in [5.41, 5.74) is 10.0. The van der Waals surface area contributed by atoms with Gasteiger partial charge < -0.3 is 16.2 Å². The third-order valence-electron chi connectivity index (χ3n) is 3.62. The molecule has 24 heavy (non-hydrogen) atoms. The molecule has 0 spiro atoms. The number of aromatic carboxylic acids is 1. The first-order valence-electron chi connectivity index (χ1n) is 7.29. The van der Waals surface area contributed by atoms with Crippen molar-refractivity contribution >= 4 is 34.6 Å². The van der Waals surface area contributed by atoms with E-state index in [1.165, 1.54) is 12.1 Å². The Bertz CT molecular complexity index is 892. The molecule has 4 nitrogen and oxygen atoms in total. The number of nitrogens with one attached hydrogen (secondary N) is 1. The first-order valence-corrected chi connectivity index (χ1v) is 7.66. The van der Waals surface area contributed by atoms with Gasteiger partial charge >= 0.3 is 5.97 Å². The van der Waals surface area contributed by atoms with Crippen molar-refractivity contribution in [2.45, 2.75) is 0 Å². The molecule has 0 amide bonds. The van der Waals surface area contributed by atoms with Crippen LogP contribution in [-0.4, -0.2) is 11.1 Å². The second kappa shape index (κ2) is 6.64. The van der Waals surface area contributed by atoms with Gasteiger partial charge in [-0.25, -0.2) is 4.79 Å². The lowest BCUT2D eigenvalue weighted by atomic mass is 10.1. The lowest BCUT2D eigenvalue weighted by molar-refractivity contribution is 0.0697. The van der Waals surface area contributed by atoms with Crippen molar-refractivity contribution in [2.75, 3.05) is 11.1 Å². The number of benzene rings is 3. The van der Waals surface area contributed by atoms with Crippen molar-refractivity contribution < 1.29 is 9.90 Å². The smallest absolute Gasteiger partial charge is 0.335 e. The topological polar surface area (TPSA) is 75.4 Å². The molecule has 0 radical (unpaired) electrons. The van der Waals surface area contributed by atoms with E-state index in [2.05, 4.69) is 5.32 Å². The van der Waals surface area contributed by atoms with Gasteiger partial charge in [0.25, 0.3) is 0 Å². The second-order valence-electron chi connectivity index (χ2n) is 5.32. The number of carboxylic acid groups (broad SMARTS) is 1. The SMILES string of the molecule is Nc1ccc(C(=O)O)cc1Nc1cccc(-c2ccc(Cl)cc2)c1. The van der Waals surface area contributed by atoms with Gasteiger partial charge in [-0.1, -0.05) is 35.9 Å². The molecule has 0 fully saturated rings. The van der Waals surface area contributed by atoms with Crippen molar-refractivity contribution in [3.63, 3.8) is 0 Å². The van der Waals surface area contributed by atoms with E-state index in [0.29, 0.717) is 16.4 Å². The number of hydrogen-bond donors (Lipinski definition) is 3. The average Bonchev–Trinajstić information content (AvgIpc) is 2.57. The van der Waals surface area contributed by atoms with Gasteiger partial charge in [-0.3, -0.25) is 0 Å². The molecule has 0 unspecified atom stereocenters. The Balaban J connectivity index is 1.91. The van der Waals surface area contributed by atoms with Crippen LogP contribution in [0.2, 0.25) is 5.02 Å². The Morgan fingerprint density at radius 1 is 0.958 bits per heavy atom. The highest BCUT2D eigenvalue weighted by atomic mass is 35.5. The summed E-state index contributed by atoms with van der Waals surface area (Å²) in [5, 5.41) is 13.0. The molecule has 120 valence electrons. The number of carbonyl (C=O) groups is 1. The molecule has 4 N–H and O–H groups in total. The number of carboxylic acids is 1. The minimum Gasteiger partial charge on any atom is -0.478 e. The molecule has 0 heterocycles. The minimum absolute atomic E-state index is 0.181. The molecular formula is C19H15ClN2O2. The fourth-order valence-corrected chi connectivity index (χ4v) is 2.50. The second-order valence-corrected chi connectivity index (χ2v) is 5.76. The van der Waals surface area contributed by atoms with E-state index < -0.39 is 5.97 Å². The summed E-state index contributed by atoms with van der Waals surface area (Å²) in [4.78, 5) is 11.1. The predicted molar refractivity (Wildman–Crippen MR) is 98.0 cm³/mol. The summed E-state index contributed by atoms with van der Waals surface area (Å²) in [7, 11) is 0. The molecular weight excluding hydrogens is 324 g/mol.